The summed E-state index contributed by atoms with van der Waals surface area (Å²) < 4.78 is 0. The van der Waals surface area contributed by atoms with Crippen LogP contribution in [0.2, 0.25) is 0 Å². The van der Waals surface area contributed by atoms with Crippen molar-refractivity contribution in [2.24, 2.45) is 0 Å². The minimum Gasteiger partial charge on any atom is -0.389 e. The van der Waals surface area contributed by atoms with Crippen LogP contribution < -0.4 is 16.0 Å². The van der Waals surface area contributed by atoms with Crippen molar-refractivity contribution in [1.82, 2.24) is 15.3 Å². The molecule has 0 amide bonds. The maximum absolute atomic E-state index is 9.88. The summed E-state index contributed by atoms with van der Waals surface area (Å²) in [6, 6.07) is 4.26. The molecule has 1 spiro atoms. The Morgan fingerprint density at radius 2 is 1.86 bits per heavy atom. The quantitative estimate of drug-likeness (QED) is 0.428. The lowest BCUT2D eigenvalue weighted by Crippen LogP contribution is -2.36. The van der Waals surface area contributed by atoms with Crippen molar-refractivity contribution in [3.05, 3.63) is 45.1 Å². The summed E-state index contributed by atoms with van der Waals surface area (Å²) in [5.41, 5.74) is 11.4. The van der Waals surface area contributed by atoms with Gasteiger partial charge in [0.1, 0.15) is 11.1 Å². The summed E-state index contributed by atoms with van der Waals surface area (Å²) in [5, 5.41) is 23.1. The van der Waals surface area contributed by atoms with Gasteiger partial charge in [-0.05, 0) is 75.6 Å². The number of nitrogens with zero attached hydrogens (tertiary/aromatic N) is 4. The van der Waals surface area contributed by atoms with E-state index >= 15 is 0 Å². The molecule has 1 aliphatic heterocycles. The minimum absolute atomic E-state index is 0.182. The molecule has 0 saturated carbocycles. The third-order valence-corrected chi connectivity index (χ3v) is 8.71. The third-order valence-electron chi connectivity index (χ3n) is 7.63. The fourth-order valence-electron chi connectivity index (χ4n) is 5.97. The molecule has 4 N–H and O–H groups in total. The molecule has 5 rings (SSSR count). The number of nitrogen functional groups attached to an aromatic ring is 1. The number of rotatable bonds is 3. The van der Waals surface area contributed by atoms with Gasteiger partial charge in [-0.1, -0.05) is 33.3 Å². The summed E-state index contributed by atoms with van der Waals surface area (Å²) in [7, 11) is 0. The van der Waals surface area contributed by atoms with E-state index in [4.69, 9.17) is 16.1 Å². The summed E-state index contributed by atoms with van der Waals surface area (Å²) in [5.74, 6) is 0.710. The minimum atomic E-state index is -0.182. The fourth-order valence-corrected chi connectivity index (χ4v) is 7.14. The Labute approximate surface area is 226 Å². The van der Waals surface area contributed by atoms with E-state index in [9.17, 15) is 5.26 Å². The molecule has 200 valence electrons. The van der Waals surface area contributed by atoms with Gasteiger partial charge in [-0.15, -0.1) is 11.3 Å². The summed E-state index contributed by atoms with van der Waals surface area (Å²) >= 11 is 1.58. The Morgan fingerprint density at radius 3 is 2.59 bits per heavy atom. The van der Waals surface area contributed by atoms with Crippen molar-refractivity contribution in [3.8, 4) is 6.07 Å². The Balaban J connectivity index is 0.000000907. The van der Waals surface area contributed by atoms with Crippen molar-refractivity contribution in [2.75, 3.05) is 36.8 Å². The number of anilines is 2. The first kappa shape index (κ1) is 28.8. The molecule has 2 aliphatic carbocycles. The van der Waals surface area contributed by atoms with E-state index < -0.39 is 0 Å². The first-order valence-corrected chi connectivity index (χ1v) is 14.8. The number of allylic oxidation sites excluding steroid dienone is 2. The summed E-state index contributed by atoms with van der Waals surface area (Å²) in [6.45, 7) is 13.9. The molecule has 1 unspecified atom stereocenters. The Kier molecular flexibility index (Phi) is 10.2. The van der Waals surface area contributed by atoms with Crippen molar-refractivity contribution in [3.63, 3.8) is 0 Å². The normalized spacial score (nSPS) is 21.0. The van der Waals surface area contributed by atoms with E-state index in [2.05, 4.69) is 28.2 Å². The molecule has 8 heteroatoms. The molecular weight excluding hydrogens is 478 g/mol. The molecule has 0 aromatic carbocycles. The predicted octanol–water partition coefficient (Wildman–Crippen LogP) is 5.99. The molecule has 1 saturated heterocycles. The molecule has 3 heterocycles. The van der Waals surface area contributed by atoms with Gasteiger partial charge in [-0.2, -0.15) is 5.26 Å². The van der Waals surface area contributed by atoms with Gasteiger partial charge in [-0.3, -0.25) is 5.41 Å². The zero-order chi connectivity index (χ0) is 27.0. The Hall–Kier alpha value is -2.76. The van der Waals surface area contributed by atoms with E-state index in [0.29, 0.717) is 27.9 Å². The van der Waals surface area contributed by atoms with Gasteiger partial charge in [0, 0.05) is 36.1 Å². The lowest BCUT2D eigenvalue weighted by molar-refractivity contribution is 0.365. The number of hydrogen-bond acceptors (Lipinski definition) is 8. The van der Waals surface area contributed by atoms with Crippen LogP contribution in [0, 0.1) is 16.7 Å². The Morgan fingerprint density at radius 1 is 1.14 bits per heavy atom. The molecule has 2 aromatic rings. The SMILES string of the molecule is CC.CC.CC1=C(C(=N)c2ccnc(N3CCCNCC3)n2)CCCC12CCCc1sc(N)c(C#N)c12. The van der Waals surface area contributed by atoms with E-state index in [1.54, 1.807) is 17.5 Å². The van der Waals surface area contributed by atoms with Crippen LogP contribution >= 0.6 is 11.3 Å². The number of nitrogens with one attached hydrogen (secondary N) is 2. The third kappa shape index (κ3) is 5.58. The van der Waals surface area contributed by atoms with Crippen molar-refractivity contribution in [1.29, 1.82) is 10.7 Å². The molecule has 3 aliphatic rings. The average Bonchev–Trinajstić information content (AvgIpc) is 3.09. The maximum Gasteiger partial charge on any atom is 0.225 e. The maximum atomic E-state index is 9.88. The standard InChI is InChI=1S/C25H31N7S.2C2H6/c1-16-17(22(27)19-7-11-30-24(31-19)32-13-4-10-29-12-14-32)5-2-8-25(16)9-3-6-20-21(25)18(15-26)23(28)33-20;2*1-2/h7,11,27,29H,2-6,8-10,12-14,28H2,1H3;2*1-2H3. The van der Waals surface area contributed by atoms with Gasteiger partial charge in [0.15, 0.2) is 0 Å². The number of thiophene rings is 1. The lowest BCUT2D eigenvalue weighted by Gasteiger charge is -2.43. The first-order chi connectivity index (χ1) is 18.0. The average molecular weight is 522 g/mol. The number of nitrogens with two attached hydrogens (primary N) is 1. The highest BCUT2D eigenvalue weighted by atomic mass is 32.1. The van der Waals surface area contributed by atoms with Crippen LogP contribution in [0.15, 0.2) is 23.4 Å². The zero-order valence-electron chi connectivity index (χ0n) is 23.2. The molecule has 7 nitrogen and oxygen atoms in total. The number of aromatic nitrogens is 2. The monoisotopic (exact) mass is 521 g/mol. The number of nitriles is 1. The summed E-state index contributed by atoms with van der Waals surface area (Å²) in [6.07, 6.45) is 8.84. The second-order valence-electron chi connectivity index (χ2n) is 9.35. The second-order valence-corrected chi connectivity index (χ2v) is 10.5. The van der Waals surface area contributed by atoms with Crippen molar-refractivity contribution in [2.45, 2.75) is 85.0 Å². The van der Waals surface area contributed by atoms with E-state index in [1.165, 1.54) is 10.5 Å². The molecule has 1 fully saturated rings. The zero-order valence-corrected chi connectivity index (χ0v) is 24.0. The largest absolute Gasteiger partial charge is 0.389 e. The second kappa shape index (κ2) is 13.2. The van der Waals surface area contributed by atoms with Gasteiger partial charge in [-0.25, -0.2) is 9.97 Å². The molecule has 2 aromatic heterocycles. The van der Waals surface area contributed by atoms with Crippen LogP contribution in [0.25, 0.3) is 0 Å². The van der Waals surface area contributed by atoms with Crippen LogP contribution in [-0.2, 0) is 11.8 Å². The van der Waals surface area contributed by atoms with E-state index in [0.717, 1.165) is 82.3 Å². The van der Waals surface area contributed by atoms with Crippen LogP contribution in [0.5, 0.6) is 0 Å². The summed E-state index contributed by atoms with van der Waals surface area (Å²) in [4.78, 5) is 12.8. The topological polar surface area (TPSA) is 115 Å². The molecule has 1 atom stereocenters. The van der Waals surface area contributed by atoms with Crippen LogP contribution in [0.4, 0.5) is 10.9 Å². The number of hydrogen-bond donors (Lipinski definition) is 3. The van der Waals surface area contributed by atoms with Crippen molar-refractivity contribution >= 4 is 28.0 Å². The van der Waals surface area contributed by atoms with Gasteiger partial charge < -0.3 is 16.0 Å². The highest BCUT2D eigenvalue weighted by Crippen LogP contribution is 2.54. The molecule has 0 radical (unpaired) electrons. The predicted molar refractivity (Wildman–Crippen MR) is 156 cm³/mol. The first-order valence-electron chi connectivity index (χ1n) is 13.9. The van der Waals surface area contributed by atoms with Gasteiger partial charge in [0.25, 0.3) is 0 Å². The van der Waals surface area contributed by atoms with Crippen LogP contribution in [-0.4, -0.2) is 41.9 Å². The van der Waals surface area contributed by atoms with Gasteiger partial charge in [0.05, 0.1) is 17.0 Å². The highest BCUT2D eigenvalue weighted by molar-refractivity contribution is 7.16. The van der Waals surface area contributed by atoms with E-state index in [-0.39, 0.29) is 5.41 Å². The molecule has 0 bridgehead atoms. The Bertz CT molecular complexity index is 1150. The van der Waals surface area contributed by atoms with Crippen LogP contribution in [0.3, 0.4) is 0 Å². The van der Waals surface area contributed by atoms with E-state index in [1.807, 2.05) is 33.8 Å². The molecular formula is C29H43N7S. The van der Waals surface area contributed by atoms with Crippen LogP contribution in [0.1, 0.15) is 94.8 Å². The smallest absolute Gasteiger partial charge is 0.225 e. The van der Waals surface area contributed by atoms with Gasteiger partial charge in [0.2, 0.25) is 5.95 Å². The number of aryl methyl sites for hydroxylation is 1. The van der Waals surface area contributed by atoms with Gasteiger partial charge >= 0.3 is 0 Å². The number of fused-ring (bicyclic) bond motifs is 2. The van der Waals surface area contributed by atoms with Crippen molar-refractivity contribution < 1.29 is 0 Å². The fraction of sp³-hybridized carbons (Fsp3) is 0.586. The molecule has 37 heavy (non-hydrogen) atoms. The highest BCUT2D eigenvalue weighted by Gasteiger charge is 2.44. The lowest BCUT2D eigenvalue weighted by atomic mass is 9.60.